The molecule has 2 rings (SSSR count). The van der Waals surface area contributed by atoms with Crippen molar-refractivity contribution in [1.29, 1.82) is 0 Å². The van der Waals surface area contributed by atoms with Gasteiger partial charge in [0.25, 0.3) is 0 Å². The van der Waals surface area contributed by atoms with Gasteiger partial charge in [0.2, 0.25) is 5.91 Å². The number of nitrogens with one attached hydrogen (secondary N) is 1. The summed E-state index contributed by atoms with van der Waals surface area (Å²) < 4.78 is 13.8. The molecule has 0 aliphatic carbocycles. The molecular weight excluding hydrogens is 297 g/mol. The first-order valence-electron chi connectivity index (χ1n) is 8.29. The van der Waals surface area contributed by atoms with E-state index in [4.69, 9.17) is 0 Å². The minimum absolute atomic E-state index is 0.168. The molecule has 1 atom stereocenters. The number of hydrogen-bond acceptors (Lipinski definition) is 4. The largest absolute Gasteiger partial charge is 0.383 e. The molecule has 128 valence electrons. The summed E-state index contributed by atoms with van der Waals surface area (Å²) in [6.45, 7) is 6.64. The van der Waals surface area contributed by atoms with Crippen molar-refractivity contribution < 1.29 is 14.3 Å². The smallest absolute Gasteiger partial charge is 0.248 e. The second-order valence-electron chi connectivity index (χ2n) is 5.85. The number of rotatable bonds is 7. The molecule has 23 heavy (non-hydrogen) atoms. The summed E-state index contributed by atoms with van der Waals surface area (Å²) in [5.74, 6) is -0.463. The third kappa shape index (κ3) is 5.18. The Morgan fingerprint density at radius 2 is 2.00 bits per heavy atom. The van der Waals surface area contributed by atoms with E-state index in [0.717, 1.165) is 39.1 Å². The number of anilines is 1. The molecule has 1 aliphatic rings. The third-order valence-electron chi connectivity index (χ3n) is 4.21. The van der Waals surface area contributed by atoms with Gasteiger partial charge in [-0.3, -0.25) is 9.69 Å². The molecule has 1 amide bonds. The van der Waals surface area contributed by atoms with E-state index in [1.54, 1.807) is 13.0 Å². The average Bonchev–Trinajstić information content (AvgIpc) is 2.59. The molecule has 1 aliphatic heterocycles. The Kier molecular flexibility index (Phi) is 6.80. The second-order valence-corrected chi connectivity index (χ2v) is 5.85. The number of hydrogen-bond donors (Lipinski definition) is 2. The molecule has 0 spiro atoms. The minimum atomic E-state index is -0.903. The first-order valence-corrected chi connectivity index (χ1v) is 8.29. The van der Waals surface area contributed by atoms with Gasteiger partial charge in [0.15, 0.2) is 0 Å². The lowest BCUT2D eigenvalue weighted by atomic mass is 10.2. The molecule has 1 aromatic carbocycles. The number of nitrogens with zero attached hydrogens (tertiary/aromatic N) is 2. The summed E-state index contributed by atoms with van der Waals surface area (Å²) in [6, 6.07) is 6.88. The Morgan fingerprint density at radius 1 is 1.30 bits per heavy atom. The lowest BCUT2D eigenvalue weighted by molar-refractivity contribution is -0.129. The number of para-hydroxylation sites is 1. The lowest BCUT2D eigenvalue weighted by Gasteiger charge is -2.36. The van der Waals surface area contributed by atoms with E-state index in [2.05, 4.69) is 15.1 Å². The highest BCUT2D eigenvalue weighted by Crippen LogP contribution is 2.20. The first-order chi connectivity index (χ1) is 11.1. The molecule has 0 radical (unpaired) electrons. The number of carbonyl (C=O) groups excluding carboxylic acids is 1. The fourth-order valence-corrected chi connectivity index (χ4v) is 2.74. The van der Waals surface area contributed by atoms with Crippen LogP contribution in [0.25, 0.3) is 0 Å². The van der Waals surface area contributed by atoms with Crippen molar-refractivity contribution >= 4 is 11.6 Å². The Bertz CT molecular complexity index is 504. The molecule has 0 bridgehead atoms. The van der Waals surface area contributed by atoms with Crippen molar-refractivity contribution in [3.8, 4) is 0 Å². The zero-order valence-electron chi connectivity index (χ0n) is 13.7. The monoisotopic (exact) mass is 323 g/mol. The predicted octanol–water partition coefficient (Wildman–Crippen LogP) is 1.22. The molecule has 6 heteroatoms. The van der Waals surface area contributed by atoms with Gasteiger partial charge in [-0.2, -0.15) is 0 Å². The third-order valence-corrected chi connectivity index (χ3v) is 4.21. The van der Waals surface area contributed by atoms with Gasteiger partial charge in [-0.1, -0.05) is 19.1 Å². The maximum absolute atomic E-state index is 13.8. The Balaban J connectivity index is 1.66. The summed E-state index contributed by atoms with van der Waals surface area (Å²) in [7, 11) is 0. The van der Waals surface area contributed by atoms with Gasteiger partial charge in [-0.15, -0.1) is 0 Å². The van der Waals surface area contributed by atoms with Crippen LogP contribution in [0.1, 0.15) is 19.8 Å². The van der Waals surface area contributed by atoms with Gasteiger partial charge in [-0.05, 0) is 31.5 Å². The fourth-order valence-electron chi connectivity index (χ4n) is 2.74. The van der Waals surface area contributed by atoms with Crippen LogP contribution in [-0.4, -0.2) is 61.3 Å². The number of aliphatic hydroxyl groups excluding tert-OH is 1. The molecule has 5 nitrogen and oxygen atoms in total. The number of carbonyl (C=O) groups is 1. The highest BCUT2D eigenvalue weighted by atomic mass is 19.1. The van der Waals surface area contributed by atoms with Crippen molar-refractivity contribution in [3.63, 3.8) is 0 Å². The van der Waals surface area contributed by atoms with Crippen molar-refractivity contribution in [2.75, 3.05) is 44.2 Å². The standard InChI is InChI=1S/C17H26FN3O2/c1-2-16(22)17(23)19-8-5-9-20-10-12-21(13-11-20)15-7-4-3-6-14(15)18/h3-4,6-7,16,22H,2,5,8-13H2,1H3,(H,19,23)/t16-/m1/s1. The molecule has 1 fully saturated rings. The molecular formula is C17H26FN3O2. The number of aliphatic hydroxyl groups is 1. The zero-order chi connectivity index (χ0) is 16.7. The Labute approximate surface area is 137 Å². The Hall–Kier alpha value is -1.66. The topological polar surface area (TPSA) is 55.8 Å². The molecule has 1 heterocycles. The van der Waals surface area contributed by atoms with E-state index in [1.807, 2.05) is 12.1 Å². The van der Waals surface area contributed by atoms with Gasteiger partial charge in [0.1, 0.15) is 11.9 Å². The van der Waals surface area contributed by atoms with Gasteiger partial charge >= 0.3 is 0 Å². The SMILES string of the molecule is CC[C@@H](O)C(=O)NCCCN1CCN(c2ccccc2F)CC1. The van der Waals surface area contributed by atoms with Crippen LogP contribution in [0.5, 0.6) is 0 Å². The van der Waals surface area contributed by atoms with E-state index in [0.29, 0.717) is 18.7 Å². The van der Waals surface area contributed by atoms with E-state index in [1.165, 1.54) is 6.07 Å². The van der Waals surface area contributed by atoms with E-state index in [-0.39, 0.29) is 11.7 Å². The van der Waals surface area contributed by atoms with Crippen LogP contribution in [0.2, 0.25) is 0 Å². The summed E-state index contributed by atoms with van der Waals surface area (Å²) in [6.07, 6.45) is 0.380. The van der Waals surface area contributed by atoms with Crippen LogP contribution in [-0.2, 0) is 4.79 Å². The van der Waals surface area contributed by atoms with Crippen LogP contribution >= 0.6 is 0 Å². The van der Waals surface area contributed by atoms with Crippen molar-refractivity contribution in [2.24, 2.45) is 0 Å². The van der Waals surface area contributed by atoms with Gasteiger partial charge in [-0.25, -0.2) is 4.39 Å². The number of benzene rings is 1. The van der Waals surface area contributed by atoms with Gasteiger partial charge < -0.3 is 15.3 Å². The highest BCUT2D eigenvalue weighted by Gasteiger charge is 2.19. The van der Waals surface area contributed by atoms with Gasteiger partial charge in [0.05, 0.1) is 5.69 Å². The lowest BCUT2D eigenvalue weighted by Crippen LogP contribution is -2.47. The van der Waals surface area contributed by atoms with E-state index < -0.39 is 6.10 Å². The Morgan fingerprint density at radius 3 is 2.65 bits per heavy atom. The number of amides is 1. The fraction of sp³-hybridized carbons (Fsp3) is 0.588. The maximum atomic E-state index is 13.8. The van der Waals surface area contributed by atoms with Crippen LogP contribution < -0.4 is 10.2 Å². The molecule has 1 aromatic rings. The minimum Gasteiger partial charge on any atom is -0.383 e. The summed E-state index contributed by atoms with van der Waals surface area (Å²) in [4.78, 5) is 15.8. The molecule has 1 saturated heterocycles. The van der Waals surface area contributed by atoms with E-state index >= 15 is 0 Å². The summed E-state index contributed by atoms with van der Waals surface area (Å²) in [5, 5.41) is 12.1. The zero-order valence-corrected chi connectivity index (χ0v) is 13.7. The average molecular weight is 323 g/mol. The highest BCUT2D eigenvalue weighted by molar-refractivity contribution is 5.80. The second kappa shape index (κ2) is 8.84. The van der Waals surface area contributed by atoms with Crippen LogP contribution in [0.3, 0.4) is 0 Å². The quantitative estimate of drug-likeness (QED) is 0.741. The molecule has 0 saturated carbocycles. The normalized spacial score (nSPS) is 17.1. The molecule has 0 aromatic heterocycles. The van der Waals surface area contributed by atoms with Crippen molar-refractivity contribution in [3.05, 3.63) is 30.1 Å². The van der Waals surface area contributed by atoms with E-state index in [9.17, 15) is 14.3 Å². The predicted molar refractivity (Wildman–Crippen MR) is 89.0 cm³/mol. The van der Waals surface area contributed by atoms with Crippen molar-refractivity contribution in [1.82, 2.24) is 10.2 Å². The molecule has 2 N–H and O–H groups in total. The van der Waals surface area contributed by atoms with Gasteiger partial charge in [0, 0.05) is 32.7 Å². The van der Waals surface area contributed by atoms with Crippen LogP contribution in [0.4, 0.5) is 10.1 Å². The summed E-state index contributed by atoms with van der Waals surface area (Å²) >= 11 is 0. The maximum Gasteiger partial charge on any atom is 0.248 e. The van der Waals surface area contributed by atoms with Crippen LogP contribution in [0.15, 0.2) is 24.3 Å². The molecule has 0 unspecified atom stereocenters. The van der Waals surface area contributed by atoms with Crippen LogP contribution in [0, 0.1) is 5.82 Å². The van der Waals surface area contributed by atoms with Crippen molar-refractivity contribution in [2.45, 2.75) is 25.9 Å². The number of piperazine rings is 1. The summed E-state index contributed by atoms with van der Waals surface area (Å²) in [5.41, 5.74) is 0.674. The first kappa shape index (κ1) is 17.7. The number of halogens is 1.